The second-order valence-electron chi connectivity index (χ2n) is 7.16. The van der Waals surface area contributed by atoms with Crippen molar-refractivity contribution in [2.45, 2.75) is 20.0 Å². The Morgan fingerprint density at radius 3 is 2.39 bits per heavy atom. The van der Waals surface area contributed by atoms with E-state index in [0.717, 1.165) is 10.6 Å². The highest BCUT2D eigenvalue weighted by molar-refractivity contribution is 7.92. The van der Waals surface area contributed by atoms with E-state index in [1.54, 1.807) is 13.8 Å². The molecule has 3 aromatic rings. The summed E-state index contributed by atoms with van der Waals surface area (Å²) in [6, 6.07) is 7.91. The Bertz CT molecular complexity index is 1220. The Hall–Kier alpha value is -3.11. The van der Waals surface area contributed by atoms with E-state index in [9.17, 15) is 27.8 Å². The number of carboxylic acids is 1. The van der Waals surface area contributed by atoms with Crippen LogP contribution < -0.4 is 9.04 Å². The molecule has 31 heavy (non-hydrogen) atoms. The van der Waals surface area contributed by atoms with Gasteiger partial charge < -0.3 is 19.4 Å². The lowest BCUT2D eigenvalue weighted by atomic mass is 10.0. The number of halogens is 1. The highest BCUT2D eigenvalue weighted by Gasteiger charge is 2.27. The summed E-state index contributed by atoms with van der Waals surface area (Å²) in [5.41, 5.74) is 0.400. The van der Waals surface area contributed by atoms with Crippen LogP contribution in [-0.4, -0.2) is 50.1 Å². The summed E-state index contributed by atoms with van der Waals surface area (Å²) in [5, 5.41) is 19.4. The Balaban J connectivity index is 2.34. The number of nitrogens with zero attached hydrogens (tertiary/aromatic N) is 1. The summed E-state index contributed by atoms with van der Waals surface area (Å²) in [6.07, 6.45) is 0.643. The van der Waals surface area contributed by atoms with Crippen molar-refractivity contribution in [2.75, 3.05) is 23.7 Å². The molecule has 0 aliphatic heterocycles. The maximum Gasteiger partial charge on any atom is 0.340 e. The third kappa shape index (κ3) is 4.64. The number of benzene rings is 2. The number of fused-ring (bicyclic) bond motifs is 1. The third-order valence-corrected chi connectivity index (χ3v) is 5.60. The SMILES string of the molecule is CC(C)Oc1cc2c(C(=O)O)c(-c3ccc(F)cc3)oc2cc1N(CCO)S(C)(=O)=O. The molecule has 0 unspecified atom stereocenters. The number of furan rings is 1. The molecule has 0 bridgehead atoms. The fourth-order valence-electron chi connectivity index (χ4n) is 3.23. The van der Waals surface area contributed by atoms with Crippen LogP contribution in [0.2, 0.25) is 0 Å². The van der Waals surface area contributed by atoms with Crippen LogP contribution in [-0.2, 0) is 10.0 Å². The zero-order valence-corrected chi connectivity index (χ0v) is 17.9. The highest BCUT2D eigenvalue weighted by atomic mass is 32.2. The van der Waals surface area contributed by atoms with E-state index in [1.807, 2.05) is 0 Å². The lowest BCUT2D eigenvalue weighted by Crippen LogP contribution is -2.33. The molecule has 0 spiro atoms. The molecule has 0 amide bonds. The molecule has 8 nitrogen and oxygen atoms in total. The first kappa shape index (κ1) is 22.6. The molecule has 0 saturated heterocycles. The highest BCUT2D eigenvalue weighted by Crippen LogP contribution is 2.41. The number of carbonyl (C=O) groups is 1. The van der Waals surface area contributed by atoms with E-state index < -0.39 is 28.4 Å². The standard InChI is InChI=1S/C21H22FNO7S/c1-12(2)29-18-10-15-17(11-16(18)23(8-9-24)31(3,27)28)30-20(19(15)21(25)26)13-4-6-14(22)7-5-13/h4-7,10-12,24H,8-9H2,1-3H3,(H,25,26). The number of aliphatic hydroxyl groups is 1. The molecule has 0 radical (unpaired) electrons. The van der Waals surface area contributed by atoms with Gasteiger partial charge in [0.15, 0.2) is 0 Å². The van der Waals surface area contributed by atoms with E-state index >= 15 is 0 Å². The second-order valence-corrected chi connectivity index (χ2v) is 9.07. The number of hydrogen-bond acceptors (Lipinski definition) is 6. The van der Waals surface area contributed by atoms with Crippen molar-refractivity contribution >= 4 is 32.6 Å². The number of rotatable bonds is 8. The Morgan fingerprint density at radius 2 is 1.87 bits per heavy atom. The molecule has 10 heteroatoms. The lowest BCUT2D eigenvalue weighted by Gasteiger charge is -2.24. The van der Waals surface area contributed by atoms with Crippen molar-refractivity contribution in [3.63, 3.8) is 0 Å². The molecule has 0 saturated carbocycles. The average Bonchev–Trinajstić information content (AvgIpc) is 3.03. The van der Waals surface area contributed by atoms with Gasteiger partial charge >= 0.3 is 5.97 Å². The number of carboxylic acid groups (broad SMARTS) is 1. The van der Waals surface area contributed by atoms with Crippen LogP contribution in [0.25, 0.3) is 22.3 Å². The molecule has 1 aromatic heterocycles. The summed E-state index contributed by atoms with van der Waals surface area (Å²) in [5.74, 6) is -1.63. The predicted molar refractivity (Wildman–Crippen MR) is 114 cm³/mol. The van der Waals surface area contributed by atoms with Gasteiger partial charge in [-0.25, -0.2) is 17.6 Å². The molecular formula is C21H22FNO7S. The fourth-order valence-corrected chi connectivity index (χ4v) is 4.14. The normalized spacial score (nSPS) is 11.8. The Morgan fingerprint density at radius 1 is 1.23 bits per heavy atom. The van der Waals surface area contributed by atoms with E-state index in [2.05, 4.69) is 0 Å². The molecule has 0 fully saturated rings. The van der Waals surface area contributed by atoms with Crippen molar-refractivity contribution in [2.24, 2.45) is 0 Å². The van der Waals surface area contributed by atoms with Gasteiger partial charge in [0.2, 0.25) is 10.0 Å². The van der Waals surface area contributed by atoms with Gasteiger partial charge in [0, 0.05) is 17.0 Å². The molecule has 0 aliphatic carbocycles. The van der Waals surface area contributed by atoms with E-state index in [4.69, 9.17) is 9.15 Å². The molecule has 166 valence electrons. The van der Waals surface area contributed by atoms with Gasteiger partial charge in [0.05, 0.1) is 31.2 Å². The Kier molecular flexibility index (Phi) is 6.23. The smallest absolute Gasteiger partial charge is 0.340 e. The summed E-state index contributed by atoms with van der Waals surface area (Å²) < 4.78 is 50.5. The molecule has 1 heterocycles. The molecule has 2 aromatic carbocycles. The zero-order valence-electron chi connectivity index (χ0n) is 17.1. The first-order chi connectivity index (χ1) is 14.5. The molecule has 0 atom stereocenters. The van der Waals surface area contributed by atoms with E-state index in [-0.39, 0.29) is 46.4 Å². The number of sulfonamides is 1. The predicted octanol–water partition coefficient (Wildman–Crippen LogP) is 3.48. The van der Waals surface area contributed by atoms with Gasteiger partial charge in [-0.2, -0.15) is 0 Å². The average molecular weight is 451 g/mol. The van der Waals surface area contributed by atoms with Crippen LogP contribution in [0.1, 0.15) is 24.2 Å². The fraction of sp³-hybridized carbons (Fsp3) is 0.286. The monoisotopic (exact) mass is 451 g/mol. The first-order valence-corrected chi connectivity index (χ1v) is 11.2. The quantitative estimate of drug-likeness (QED) is 0.538. The van der Waals surface area contributed by atoms with Gasteiger partial charge in [0.1, 0.15) is 28.5 Å². The van der Waals surface area contributed by atoms with Gasteiger partial charge in [-0.1, -0.05) is 0 Å². The van der Waals surface area contributed by atoms with Crippen molar-refractivity contribution in [1.82, 2.24) is 0 Å². The van der Waals surface area contributed by atoms with Crippen molar-refractivity contribution in [1.29, 1.82) is 0 Å². The van der Waals surface area contributed by atoms with Crippen LogP contribution in [0.15, 0.2) is 40.8 Å². The number of hydrogen-bond donors (Lipinski definition) is 2. The maximum atomic E-state index is 13.3. The molecule has 3 rings (SSSR count). The number of aromatic carboxylic acids is 1. The van der Waals surface area contributed by atoms with Crippen LogP contribution in [0, 0.1) is 5.82 Å². The van der Waals surface area contributed by atoms with Crippen molar-refractivity contribution in [3.05, 3.63) is 47.8 Å². The number of aliphatic hydroxyl groups excluding tert-OH is 1. The number of anilines is 1. The molecule has 2 N–H and O–H groups in total. The summed E-state index contributed by atoms with van der Waals surface area (Å²) in [4.78, 5) is 12.0. The van der Waals surface area contributed by atoms with Crippen LogP contribution in [0.3, 0.4) is 0 Å². The summed E-state index contributed by atoms with van der Waals surface area (Å²) in [7, 11) is -3.79. The third-order valence-electron chi connectivity index (χ3n) is 4.42. The Labute approximate surface area is 178 Å². The largest absolute Gasteiger partial charge is 0.489 e. The summed E-state index contributed by atoms with van der Waals surface area (Å²) in [6.45, 7) is 2.81. The first-order valence-electron chi connectivity index (χ1n) is 9.38. The maximum absolute atomic E-state index is 13.3. The minimum Gasteiger partial charge on any atom is -0.489 e. The van der Waals surface area contributed by atoms with Crippen molar-refractivity contribution < 1.29 is 37.0 Å². The van der Waals surface area contributed by atoms with Gasteiger partial charge in [-0.05, 0) is 44.2 Å². The van der Waals surface area contributed by atoms with Gasteiger partial charge in [-0.15, -0.1) is 0 Å². The van der Waals surface area contributed by atoms with Crippen molar-refractivity contribution in [3.8, 4) is 17.1 Å². The zero-order chi connectivity index (χ0) is 22.9. The van der Waals surface area contributed by atoms with E-state index in [1.165, 1.54) is 36.4 Å². The molecule has 0 aliphatic rings. The summed E-state index contributed by atoms with van der Waals surface area (Å²) >= 11 is 0. The van der Waals surface area contributed by atoms with Gasteiger partial charge in [-0.3, -0.25) is 4.31 Å². The minimum absolute atomic E-state index is 0.00297. The topological polar surface area (TPSA) is 117 Å². The lowest BCUT2D eigenvalue weighted by molar-refractivity contribution is 0.0699. The van der Waals surface area contributed by atoms with Crippen LogP contribution in [0.4, 0.5) is 10.1 Å². The van der Waals surface area contributed by atoms with Gasteiger partial charge in [0.25, 0.3) is 0 Å². The van der Waals surface area contributed by atoms with Crippen LogP contribution >= 0.6 is 0 Å². The molecular weight excluding hydrogens is 429 g/mol. The van der Waals surface area contributed by atoms with Crippen LogP contribution in [0.5, 0.6) is 5.75 Å². The van der Waals surface area contributed by atoms with E-state index in [0.29, 0.717) is 5.56 Å². The minimum atomic E-state index is -3.79. The second kappa shape index (κ2) is 8.56. The number of ether oxygens (including phenoxy) is 1.